The summed E-state index contributed by atoms with van der Waals surface area (Å²) in [5.74, 6) is 0. The van der Waals surface area contributed by atoms with Crippen molar-refractivity contribution in [1.82, 2.24) is 0 Å². The molecule has 0 aromatic rings. The van der Waals surface area contributed by atoms with Crippen molar-refractivity contribution >= 4 is 11.4 Å². The Bertz CT molecular complexity index is 510. The van der Waals surface area contributed by atoms with Crippen molar-refractivity contribution in [2.24, 2.45) is 9.98 Å². The Morgan fingerprint density at radius 2 is 2.27 bits per heavy atom. The van der Waals surface area contributed by atoms with E-state index in [1.165, 1.54) is 0 Å². The molecule has 0 aliphatic heterocycles. The van der Waals surface area contributed by atoms with Gasteiger partial charge >= 0.3 is 0 Å². The molecule has 0 aromatic heterocycles. The Morgan fingerprint density at radius 1 is 1.50 bits per heavy atom. The van der Waals surface area contributed by atoms with Crippen LogP contribution in [0.1, 0.15) is 46.5 Å². The first-order chi connectivity index (χ1) is 10.5. The van der Waals surface area contributed by atoms with Crippen LogP contribution in [0.4, 0.5) is 0 Å². The fourth-order valence-electron chi connectivity index (χ4n) is 2.29. The molecule has 0 heterocycles. The third kappa shape index (κ3) is 7.32. The second kappa shape index (κ2) is 10.1. The third-order valence-electron chi connectivity index (χ3n) is 3.47. The third-order valence-corrected chi connectivity index (χ3v) is 3.47. The summed E-state index contributed by atoms with van der Waals surface area (Å²) in [6.45, 7) is 9.85. The molecule has 0 fully saturated rings. The van der Waals surface area contributed by atoms with E-state index in [2.05, 4.69) is 17.6 Å². The quantitative estimate of drug-likeness (QED) is 0.573. The first kappa shape index (κ1) is 18.3. The molecule has 0 spiro atoms. The summed E-state index contributed by atoms with van der Waals surface area (Å²) in [5, 5.41) is 9.65. The zero-order valence-electron chi connectivity index (χ0n) is 14.0. The molecular weight excluding hydrogens is 272 g/mol. The summed E-state index contributed by atoms with van der Waals surface area (Å²) in [4.78, 5) is 9.24. The Balaban J connectivity index is 2.69. The smallest absolute Gasteiger partial charge is 0.0715 e. The molecule has 1 rings (SSSR count). The van der Waals surface area contributed by atoms with E-state index in [1.807, 2.05) is 51.2 Å². The maximum atomic E-state index is 9.65. The predicted octanol–water partition coefficient (Wildman–Crippen LogP) is 4.41. The number of aliphatic imine (C=N–C) groups is 2. The molecule has 3 nitrogen and oxygen atoms in total. The molecule has 0 bridgehead atoms. The average Bonchev–Trinajstić information content (AvgIpc) is 2.68. The minimum atomic E-state index is -0.239. The lowest BCUT2D eigenvalue weighted by atomic mass is 10.1. The number of aliphatic hydroxyl groups is 1. The standard InChI is InChI=1S/C19H28N2O/c1-5-8-15(3)20-16(4)11-12-17(6-2)21-18-9-7-10-19(22)14-13-18/h5-9,11,17,19,22H,2,10,12-14H2,1,3-4H3/b8-5-,16-11?,20-15?,21-18?. The van der Waals surface area contributed by atoms with Gasteiger partial charge in [0.1, 0.15) is 0 Å². The molecule has 0 radical (unpaired) electrons. The lowest BCUT2D eigenvalue weighted by Crippen LogP contribution is -2.07. The van der Waals surface area contributed by atoms with Crippen LogP contribution in [0.2, 0.25) is 0 Å². The normalized spacial score (nSPS) is 23.8. The van der Waals surface area contributed by atoms with Crippen molar-refractivity contribution < 1.29 is 5.11 Å². The maximum absolute atomic E-state index is 9.65. The predicted molar refractivity (Wildman–Crippen MR) is 96.7 cm³/mol. The van der Waals surface area contributed by atoms with Gasteiger partial charge in [-0.3, -0.25) is 9.98 Å². The number of hydrogen-bond donors (Lipinski definition) is 1. The second-order valence-electron chi connectivity index (χ2n) is 5.59. The average molecular weight is 300 g/mol. The highest BCUT2D eigenvalue weighted by atomic mass is 16.3. The van der Waals surface area contributed by atoms with E-state index < -0.39 is 0 Å². The van der Waals surface area contributed by atoms with Gasteiger partial charge in [0.15, 0.2) is 0 Å². The SMILES string of the molecule is C=CC(CC=C(C)N=C(C)/C=C\C)N=C1C=CCC(O)CC1. The molecule has 1 aliphatic carbocycles. The summed E-state index contributed by atoms with van der Waals surface area (Å²) >= 11 is 0. The lowest BCUT2D eigenvalue weighted by Gasteiger charge is -2.08. The molecule has 0 aromatic carbocycles. The van der Waals surface area contributed by atoms with E-state index in [9.17, 15) is 5.11 Å². The van der Waals surface area contributed by atoms with Gasteiger partial charge in [0.05, 0.1) is 12.1 Å². The van der Waals surface area contributed by atoms with Gasteiger partial charge < -0.3 is 5.11 Å². The van der Waals surface area contributed by atoms with Gasteiger partial charge in [-0.2, -0.15) is 0 Å². The Labute approximate surface area is 134 Å². The number of aliphatic hydroxyl groups excluding tert-OH is 1. The molecule has 2 unspecified atom stereocenters. The molecule has 0 saturated carbocycles. The highest BCUT2D eigenvalue weighted by Gasteiger charge is 2.09. The van der Waals surface area contributed by atoms with Crippen LogP contribution in [0, 0.1) is 0 Å². The van der Waals surface area contributed by atoms with Crippen molar-refractivity contribution in [3.05, 3.63) is 48.7 Å². The highest BCUT2D eigenvalue weighted by Crippen LogP contribution is 2.13. The monoisotopic (exact) mass is 300 g/mol. The van der Waals surface area contributed by atoms with E-state index in [0.717, 1.165) is 42.8 Å². The lowest BCUT2D eigenvalue weighted by molar-refractivity contribution is 0.171. The molecular formula is C19H28N2O. The fourth-order valence-corrected chi connectivity index (χ4v) is 2.29. The number of rotatable bonds is 6. The number of nitrogens with zero attached hydrogens (tertiary/aromatic N) is 2. The molecule has 3 heteroatoms. The van der Waals surface area contributed by atoms with Crippen LogP contribution in [-0.4, -0.2) is 28.7 Å². The van der Waals surface area contributed by atoms with Crippen molar-refractivity contribution in [3.63, 3.8) is 0 Å². The Morgan fingerprint density at radius 3 is 2.95 bits per heavy atom. The van der Waals surface area contributed by atoms with E-state index in [1.54, 1.807) is 0 Å². The van der Waals surface area contributed by atoms with Crippen LogP contribution in [0.3, 0.4) is 0 Å². The van der Waals surface area contributed by atoms with E-state index in [0.29, 0.717) is 0 Å². The first-order valence-electron chi connectivity index (χ1n) is 7.93. The van der Waals surface area contributed by atoms with Gasteiger partial charge in [0.2, 0.25) is 0 Å². The van der Waals surface area contributed by atoms with Crippen LogP contribution in [0.25, 0.3) is 0 Å². The molecule has 2 atom stereocenters. The van der Waals surface area contributed by atoms with E-state index in [4.69, 9.17) is 4.99 Å². The van der Waals surface area contributed by atoms with Gasteiger partial charge in [-0.05, 0) is 58.6 Å². The van der Waals surface area contributed by atoms with Crippen LogP contribution in [-0.2, 0) is 0 Å². The molecule has 120 valence electrons. The van der Waals surface area contributed by atoms with Gasteiger partial charge in [0.25, 0.3) is 0 Å². The summed E-state index contributed by atoms with van der Waals surface area (Å²) in [5.41, 5.74) is 3.04. The number of hydrogen-bond acceptors (Lipinski definition) is 3. The maximum Gasteiger partial charge on any atom is 0.0715 e. The Kier molecular flexibility index (Phi) is 8.38. The highest BCUT2D eigenvalue weighted by molar-refractivity contribution is 5.95. The van der Waals surface area contributed by atoms with E-state index in [-0.39, 0.29) is 12.1 Å². The minimum absolute atomic E-state index is 0.0575. The summed E-state index contributed by atoms with van der Waals surface area (Å²) in [7, 11) is 0. The fraction of sp³-hybridized carbons (Fsp3) is 0.474. The second-order valence-corrected chi connectivity index (χ2v) is 5.59. The summed E-state index contributed by atoms with van der Waals surface area (Å²) in [6.07, 6.45) is 14.8. The minimum Gasteiger partial charge on any atom is -0.393 e. The van der Waals surface area contributed by atoms with Crippen LogP contribution >= 0.6 is 0 Å². The molecule has 0 saturated heterocycles. The summed E-state index contributed by atoms with van der Waals surface area (Å²) < 4.78 is 0. The molecule has 1 N–H and O–H groups in total. The van der Waals surface area contributed by atoms with Crippen molar-refractivity contribution in [1.29, 1.82) is 0 Å². The zero-order chi connectivity index (χ0) is 16.4. The van der Waals surface area contributed by atoms with Crippen molar-refractivity contribution in [3.8, 4) is 0 Å². The molecule has 1 aliphatic rings. The molecule has 0 amide bonds. The summed E-state index contributed by atoms with van der Waals surface area (Å²) in [6, 6.07) is 0.0575. The molecule has 22 heavy (non-hydrogen) atoms. The number of allylic oxidation sites excluding steroid dienone is 4. The van der Waals surface area contributed by atoms with Crippen molar-refractivity contribution in [2.45, 2.75) is 58.6 Å². The Hall–Kier alpha value is -1.74. The largest absolute Gasteiger partial charge is 0.393 e. The van der Waals surface area contributed by atoms with Crippen LogP contribution < -0.4 is 0 Å². The van der Waals surface area contributed by atoms with Crippen LogP contribution in [0.5, 0.6) is 0 Å². The van der Waals surface area contributed by atoms with Crippen LogP contribution in [0.15, 0.2) is 58.7 Å². The topological polar surface area (TPSA) is 45.0 Å². The first-order valence-corrected chi connectivity index (χ1v) is 7.93. The zero-order valence-corrected chi connectivity index (χ0v) is 14.0. The van der Waals surface area contributed by atoms with Gasteiger partial charge in [-0.25, -0.2) is 0 Å². The van der Waals surface area contributed by atoms with E-state index >= 15 is 0 Å². The van der Waals surface area contributed by atoms with Crippen molar-refractivity contribution in [2.75, 3.05) is 0 Å². The van der Waals surface area contributed by atoms with Gasteiger partial charge in [0, 0.05) is 17.1 Å². The van der Waals surface area contributed by atoms with Gasteiger partial charge in [-0.1, -0.05) is 24.3 Å². The van der Waals surface area contributed by atoms with Gasteiger partial charge in [-0.15, -0.1) is 6.58 Å².